The van der Waals surface area contributed by atoms with Crippen LogP contribution in [0.2, 0.25) is 0 Å². The molecule has 2 N–H and O–H groups in total. The Balaban J connectivity index is 1.58. The summed E-state index contributed by atoms with van der Waals surface area (Å²) >= 11 is 0. The Kier molecular flexibility index (Phi) is 6.36. The van der Waals surface area contributed by atoms with Crippen LogP contribution in [-0.2, 0) is 19.3 Å². The number of carbonyl (C=O) groups excluding carboxylic acids is 2. The molecule has 6 nitrogen and oxygen atoms in total. The van der Waals surface area contributed by atoms with Crippen LogP contribution in [0.1, 0.15) is 99.8 Å². The van der Waals surface area contributed by atoms with Crippen molar-refractivity contribution < 1.29 is 19.3 Å². The monoisotopic (exact) mass is 526 g/mol. The first kappa shape index (κ1) is 27.9. The third kappa shape index (κ3) is 3.51. The van der Waals surface area contributed by atoms with E-state index in [1.165, 1.54) is 12.7 Å². The van der Waals surface area contributed by atoms with Gasteiger partial charge in [0.2, 0.25) is 5.91 Å². The maximum Gasteiger partial charge on any atom is 0.249 e. The van der Waals surface area contributed by atoms with E-state index in [9.17, 15) is 9.59 Å². The molecule has 0 aromatic heterocycles. The van der Waals surface area contributed by atoms with Gasteiger partial charge in [0.05, 0.1) is 14.2 Å². The van der Waals surface area contributed by atoms with Crippen LogP contribution in [0.3, 0.4) is 0 Å². The molecular weight excluding hydrogens is 476 g/mol. The summed E-state index contributed by atoms with van der Waals surface area (Å²) in [6.07, 6.45) is 12.3. The van der Waals surface area contributed by atoms with Gasteiger partial charge < -0.3 is 0 Å². The smallest absolute Gasteiger partial charge is 0.249 e. The summed E-state index contributed by atoms with van der Waals surface area (Å²) in [4.78, 5) is 37.9. The number of nitrogens with one attached hydrogen (secondary N) is 2. The zero-order chi connectivity index (χ0) is 27.9. The van der Waals surface area contributed by atoms with Crippen molar-refractivity contribution in [1.29, 1.82) is 0 Å². The highest BCUT2D eigenvalue weighted by Gasteiger charge is 2.69. The van der Waals surface area contributed by atoms with Crippen LogP contribution in [-0.4, -0.2) is 25.9 Å². The van der Waals surface area contributed by atoms with Crippen molar-refractivity contribution in [2.24, 2.45) is 50.2 Å². The molecule has 3 fully saturated rings. The maximum atomic E-state index is 14.4. The van der Waals surface area contributed by atoms with E-state index in [0.717, 1.165) is 57.1 Å². The fourth-order valence-corrected chi connectivity index (χ4v) is 10.5. The van der Waals surface area contributed by atoms with Crippen molar-refractivity contribution in [2.45, 2.75) is 99.8 Å². The second kappa shape index (κ2) is 8.67. The fraction of sp³-hybridized carbons (Fsp3) is 0.812. The molecule has 38 heavy (non-hydrogen) atoms. The summed E-state index contributed by atoms with van der Waals surface area (Å²) < 4.78 is 0. The number of allylic oxidation sites excluding steroid dienone is 4. The SMILES string of the molecule is CONC(=O)[C@@]1(C)CC[C@]2(C)CC[C@]3(C)C(=CC(=O)[C@@H]4[C@@]5(C)CC=C(NOC)C(C)(C)C5CC[C@]43C)[C@@H]2C1. The van der Waals surface area contributed by atoms with Crippen LogP contribution in [0.5, 0.6) is 0 Å². The Bertz CT molecular complexity index is 1100. The number of fused-ring (bicyclic) bond motifs is 7. The normalized spacial score (nSPS) is 47.4. The second-order valence-corrected chi connectivity index (χ2v) is 15.2. The summed E-state index contributed by atoms with van der Waals surface area (Å²) in [7, 11) is 3.18. The number of ketones is 1. The van der Waals surface area contributed by atoms with E-state index in [-0.39, 0.29) is 44.8 Å². The average molecular weight is 527 g/mol. The van der Waals surface area contributed by atoms with Gasteiger partial charge in [0, 0.05) is 22.4 Å². The van der Waals surface area contributed by atoms with Crippen LogP contribution in [0.15, 0.2) is 23.4 Å². The van der Waals surface area contributed by atoms with Gasteiger partial charge in [-0.3, -0.25) is 24.7 Å². The molecule has 1 amide bonds. The van der Waals surface area contributed by atoms with Gasteiger partial charge >= 0.3 is 0 Å². The first-order chi connectivity index (χ1) is 17.6. The Morgan fingerprint density at radius 1 is 0.947 bits per heavy atom. The molecule has 0 radical (unpaired) electrons. The molecular formula is C32H50N2O4. The highest BCUT2D eigenvalue weighted by Crippen LogP contribution is 2.74. The lowest BCUT2D eigenvalue weighted by Crippen LogP contribution is -2.65. The van der Waals surface area contributed by atoms with E-state index in [1.54, 1.807) is 7.11 Å². The van der Waals surface area contributed by atoms with Crippen LogP contribution in [0, 0.1) is 50.2 Å². The van der Waals surface area contributed by atoms with E-state index in [0.29, 0.717) is 11.7 Å². The zero-order valence-electron chi connectivity index (χ0n) is 25.2. The lowest BCUT2D eigenvalue weighted by Gasteiger charge is -2.69. The standard InChI is InChI=1S/C32H50N2O4/c1-27(2)23-10-13-32(7)25(30(23,5)12-11-24(27)33-37-8)22(35)18-20-21-19-29(4,26(36)34-38-9)15-14-28(21,3)16-17-31(20,32)6/h11,18,21,23,25,33H,10,12-17,19H2,1-9H3,(H,34,36)/t21-,23?,25+,28+,29-,30-,31+,32+/m0/s1. The highest BCUT2D eigenvalue weighted by atomic mass is 16.6. The molecule has 0 aliphatic heterocycles. The molecule has 0 saturated heterocycles. The molecule has 0 heterocycles. The van der Waals surface area contributed by atoms with E-state index in [1.807, 2.05) is 0 Å². The molecule has 212 valence electrons. The molecule has 0 aromatic carbocycles. The largest absolute Gasteiger partial charge is 0.295 e. The number of carbonyl (C=O) groups is 2. The van der Waals surface area contributed by atoms with Gasteiger partial charge in [-0.2, -0.15) is 0 Å². The predicted molar refractivity (Wildman–Crippen MR) is 148 cm³/mol. The molecule has 5 aliphatic rings. The van der Waals surface area contributed by atoms with Gasteiger partial charge in [0.15, 0.2) is 5.78 Å². The number of hydrogen-bond donors (Lipinski definition) is 2. The molecule has 5 rings (SSSR count). The minimum atomic E-state index is -0.493. The van der Waals surface area contributed by atoms with Gasteiger partial charge in [0.1, 0.15) is 0 Å². The number of amides is 1. The second-order valence-electron chi connectivity index (χ2n) is 15.2. The minimum absolute atomic E-state index is 0.0155. The molecule has 0 spiro atoms. The van der Waals surface area contributed by atoms with E-state index in [4.69, 9.17) is 9.68 Å². The van der Waals surface area contributed by atoms with Crippen LogP contribution in [0.4, 0.5) is 0 Å². The summed E-state index contributed by atoms with van der Waals surface area (Å²) in [5, 5.41) is 0. The summed E-state index contributed by atoms with van der Waals surface area (Å²) in [6.45, 7) is 16.4. The summed E-state index contributed by atoms with van der Waals surface area (Å²) in [5.74, 6) is 0.888. The van der Waals surface area contributed by atoms with Crippen molar-refractivity contribution >= 4 is 11.7 Å². The van der Waals surface area contributed by atoms with Gasteiger partial charge in [-0.25, -0.2) is 5.48 Å². The minimum Gasteiger partial charge on any atom is -0.295 e. The van der Waals surface area contributed by atoms with Crippen LogP contribution in [0.25, 0.3) is 0 Å². The Morgan fingerprint density at radius 3 is 2.29 bits per heavy atom. The predicted octanol–water partition coefficient (Wildman–Crippen LogP) is 6.29. The maximum absolute atomic E-state index is 14.4. The Hall–Kier alpha value is -1.66. The number of rotatable bonds is 4. The van der Waals surface area contributed by atoms with Crippen molar-refractivity contribution in [3.63, 3.8) is 0 Å². The van der Waals surface area contributed by atoms with Crippen molar-refractivity contribution in [3.8, 4) is 0 Å². The lowest BCUT2D eigenvalue weighted by molar-refractivity contribution is -0.176. The molecule has 0 aromatic rings. The molecule has 5 aliphatic carbocycles. The molecule has 6 heteroatoms. The molecule has 0 bridgehead atoms. The average Bonchev–Trinajstić information content (AvgIpc) is 2.83. The van der Waals surface area contributed by atoms with Gasteiger partial charge in [-0.05, 0) is 90.9 Å². The first-order valence-corrected chi connectivity index (χ1v) is 14.7. The van der Waals surface area contributed by atoms with Crippen LogP contribution >= 0.6 is 0 Å². The number of hydrogen-bond acceptors (Lipinski definition) is 5. The third-order valence-electron chi connectivity index (χ3n) is 13.1. The van der Waals surface area contributed by atoms with E-state index >= 15 is 0 Å². The highest BCUT2D eigenvalue weighted by molar-refractivity contribution is 5.96. The van der Waals surface area contributed by atoms with Gasteiger partial charge in [0.25, 0.3) is 0 Å². The lowest BCUT2D eigenvalue weighted by atomic mass is 9.34. The fourth-order valence-electron chi connectivity index (χ4n) is 10.5. The van der Waals surface area contributed by atoms with Crippen molar-refractivity contribution in [1.82, 2.24) is 11.0 Å². The Labute approximate surface area is 229 Å². The number of hydroxylamine groups is 2. The summed E-state index contributed by atoms with van der Waals surface area (Å²) in [5.41, 5.74) is 7.50. The summed E-state index contributed by atoms with van der Waals surface area (Å²) in [6, 6.07) is 0. The molecule has 3 saturated carbocycles. The molecule has 1 unspecified atom stereocenters. The quantitative estimate of drug-likeness (QED) is 0.421. The van der Waals surface area contributed by atoms with Crippen molar-refractivity contribution in [3.05, 3.63) is 23.4 Å². The van der Waals surface area contributed by atoms with Crippen molar-refractivity contribution in [2.75, 3.05) is 14.2 Å². The van der Waals surface area contributed by atoms with E-state index < -0.39 is 5.41 Å². The Morgan fingerprint density at radius 2 is 1.63 bits per heavy atom. The molecule has 8 atom stereocenters. The van der Waals surface area contributed by atoms with Gasteiger partial charge in [-0.15, -0.1) is 0 Å². The first-order valence-electron chi connectivity index (χ1n) is 14.7. The van der Waals surface area contributed by atoms with E-state index in [2.05, 4.69) is 71.6 Å². The van der Waals surface area contributed by atoms with Crippen LogP contribution < -0.4 is 11.0 Å². The zero-order valence-corrected chi connectivity index (χ0v) is 25.2. The van der Waals surface area contributed by atoms with Gasteiger partial charge in [-0.1, -0.05) is 60.1 Å². The topological polar surface area (TPSA) is 76.7 Å². The third-order valence-corrected chi connectivity index (χ3v) is 13.1.